The molecule has 4 rings (SSSR count). The van der Waals surface area contributed by atoms with Crippen molar-refractivity contribution in [1.29, 1.82) is 0 Å². The average Bonchev–Trinajstić information content (AvgIpc) is 3.04. The first-order chi connectivity index (χ1) is 13.5. The second kappa shape index (κ2) is 7.07. The van der Waals surface area contributed by atoms with Gasteiger partial charge in [0, 0.05) is 30.9 Å². The van der Waals surface area contributed by atoms with Crippen LogP contribution in [0.2, 0.25) is 0 Å². The second-order valence-electron chi connectivity index (χ2n) is 6.28. The summed E-state index contributed by atoms with van der Waals surface area (Å²) >= 11 is 0. The third-order valence-electron chi connectivity index (χ3n) is 4.29. The Morgan fingerprint density at radius 3 is 2.86 bits per heavy atom. The van der Waals surface area contributed by atoms with Crippen LogP contribution in [0.4, 0.5) is 21.7 Å². The maximum Gasteiger partial charge on any atom is 0.254 e. The van der Waals surface area contributed by atoms with Gasteiger partial charge in [0.1, 0.15) is 5.82 Å². The first kappa shape index (κ1) is 17.6. The van der Waals surface area contributed by atoms with E-state index in [2.05, 4.69) is 25.9 Å². The Morgan fingerprint density at radius 1 is 1.21 bits per heavy atom. The van der Waals surface area contributed by atoms with Crippen molar-refractivity contribution in [3.05, 3.63) is 65.6 Å². The zero-order valence-corrected chi connectivity index (χ0v) is 14.9. The number of rotatable bonds is 4. The van der Waals surface area contributed by atoms with E-state index in [4.69, 9.17) is 0 Å². The molecule has 0 bridgehead atoms. The van der Waals surface area contributed by atoms with Gasteiger partial charge in [0.2, 0.25) is 11.9 Å². The highest BCUT2D eigenvalue weighted by Crippen LogP contribution is 2.33. The highest BCUT2D eigenvalue weighted by molar-refractivity contribution is 6.08. The standard InChI is InChI=1S/C20H16FN5O2/c1-11(27)24-17-6-5-14(15-10-23-19(28)18(15)17)16-7-8-22-20(26-16)25-13-4-2-3-12(21)9-13/h2-9H,10H2,1H3,(H,23,28)(H,24,27)(H,22,25,26). The smallest absolute Gasteiger partial charge is 0.254 e. The van der Waals surface area contributed by atoms with Gasteiger partial charge in [0.25, 0.3) is 5.91 Å². The minimum Gasteiger partial charge on any atom is -0.348 e. The third-order valence-corrected chi connectivity index (χ3v) is 4.29. The van der Waals surface area contributed by atoms with Gasteiger partial charge in [-0.2, -0.15) is 0 Å². The lowest BCUT2D eigenvalue weighted by Crippen LogP contribution is -2.15. The summed E-state index contributed by atoms with van der Waals surface area (Å²) < 4.78 is 13.4. The van der Waals surface area contributed by atoms with E-state index in [-0.39, 0.29) is 17.6 Å². The van der Waals surface area contributed by atoms with Crippen molar-refractivity contribution in [2.75, 3.05) is 10.6 Å². The summed E-state index contributed by atoms with van der Waals surface area (Å²) in [4.78, 5) is 32.3. The molecule has 1 aliphatic heterocycles. The van der Waals surface area contributed by atoms with Crippen molar-refractivity contribution in [3.63, 3.8) is 0 Å². The van der Waals surface area contributed by atoms with Crippen molar-refractivity contribution in [1.82, 2.24) is 15.3 Å². The van der Waals surface area contributed by atoms with Crippen LogP contribution in [0, 0.1) is 5.82 Å². The quantitative estimate of drug-likeness (QED) is 0.649. The van der Waals surface area contributed by atoms with Gasteiger partial charge in [0.05, 0.1) is 16.9 Å². The van der Waals surface area contributed by atoms with Gasteiger partial charge in [-0.25, -0.2) is 14.4 Å². The van der Waals surface area contributed by atoms with Gasteiger partial charge in [0.15, 0.2) is 0 Å². The molecule has 8 heteroatoms. The molecule has 0 saturated carbocycles. The van der Waals surface area contributed by atoms with Gasteiger partial charge < -0.3 is 16.0 Å². The average molecular weight is 377 g/mol. The zero-order chi connectivity index (χ0) is 19.7. The van der Waals surface area contributed by atoms with Crippen molar-refractivity contribution >= 4 is 29.1 Å². The molecule has 0 atom stereocenters. The second-order valence-corrected chi connectivity index (χ2v) is 6.28. The van der Waals surface area contributed by atoms with Gasteiger partial charge in [-0.15, -0.1) is 0 Å². The summed E-state index contributed by atoms with van der Waals surface area (Å²) in [5.74, 6) is -0.553. The van der Waals surface area contributed by atoms with Crippen molar-refractivity contribution in [3.8, 4) is 11.3 Å². The first-order valence-electron chi connectivity index (χ1n) is 8.59. The molecule has 3 N–H and O–H groups in total. The number of nitrogens with zero attached hydrogens (tertiary/aromatic N) is 2. The molecule has 0 spiro atoms. The van der Waals surface area contributed by atoms with E-state index in [1.807, 2.05) is 0 Å². The number of fused-ring (bicyclic) bond motifs is 1. The molecule has 28 heavy (non-hydrogen) atoms. The van der Waals surface area contributed by atoms with Gasteiger partial charge in [-0.05, 0) is 35.9 Å². The number of amides is 2. The van der Waals surface area contributed by atoms with Crippen LogP contribution in [0.25, 0.3) is 11.3 Å². The van der Waals surface area contributed by atoms with E-state index in [0.717, 1.165) is 11.1 Å². The predicted octanol–water partition coefficient (Wildman–Crippen LogP) is 3.23. The molecule has 3 aromatic rings. The fraction of sp³-hybridized carbons (Fsp3) is 0.100. The Bertz CT molecular complexity index is 1100. The van der Waals surface area contributed by atoms with Crippen molar-refractivity contribution in [2.24, 2.45) is 0 Å². The van der Waals surface area contributed by atoms with E-state index >= 15 is 0 Å². The Balaban J connectivity index is 1.72. The number of anilines is 3. The lowest BCUT2D eigenvalue weighted by atomic mass is 9.98. The highest BCUT2D eigenvalue weighted by atomic mass is 19.1. The fourth-order valence-corrected chi connectivity index (χ4v) is 3.15. The number of benzene rings is 2. The molecule has 0 fully saturated rings. The normalized spacial score (nSPS) is 12.3. The predicted molar refractivity (Wildman–Crippen MR) is 103 cm³/mol. The minimum atomic E-state index is -0.364. The molecule has 2 heterocycles. The SMILES string of the molecule is CC(=O)Nc1ccc(-c2ccnc(Nc3cccc(F)c3)n2)c2c1C(=O)NC2. The van der Waals surface area contributed by atoms with Crippen LogP contribution in [-0.2, 0) is 11.3 Å². The maximum absolute atomic E-state index is 13.4. The summed E-state index contributed by atoms with van der Waals surface area (Å²) in [6.45, 7) is 1.73. The molecule has 140 valence electrons. The first-order valence-corrected chi connectivity index (χ1v) is 8.59. The van der Waals surface area contributed by atoms with Crippen LogP contribution < -0.4 is 16.0 Å². The number of hydrogen-bond acceptors (Lipinski definition) is 5. The zero-order valence-electron chi connectivity index (χ0n) is 14.9. The molecule has 2 amide bonds. The maximum atomic E-state index is 13.4. The van der Waals surface area contributed by atoms with Crippen LogP contribution in [0.3, 0.4) is 0 Å². The fourth-order valence-electron chi connectivity index (χ4n) is 3.15. The molecule has 0 aliphatic carbocycles. The monoisotopic (exact) mass is 377 g/mol. The lowest BCUT2D eigenvalue weighted by molar-refractivity contribution is -0.114. The van der Waals surface area contributed by atoms with Gasteiger partial charge in [-0.3, -0.25) is 9.59 Å². The Morgan fingerprint density at radius 2 is 2.07 bits per heavy atom. The summed E-state index contributed by atoms with van der Waals surface area (Å²) in [5, 5.41) is 8.43. The van der Waals surface area contributed by atoms with E-state index in [9.17, 15) is 14.0 Å². The molecular weight excluding hydrogens is 361 g/mol. The molecule has 0 unspecified atom stereocenters. The molecule has 7 nitrogen and oxygen atoms in total. The molecule has 0 saturated heterocycles. The summed E-state index contributed by atoms with van der Waals surface area (Å²) in [6.07, 6.45) is 1.59. The molecule has 2 aromatic carbocycles. The largest absolute Gasteiger partial charge is 0.348 e. The van der Waals surface area contributed by atoms with Crippen LogP contribution in [0.5, 0.6) is 0 Å². The Hall–Kier alpha value is -3.81. The molecular formula is C20H16FN5O2. The molecule has 1 aromatic heterocycles. The van der Waals surface area contributed by atoms with Gasteiger partial charge in [-0.1, -0.05) is 12.1 Å². The lowest BCUT2D eigenvalue weighted by Gasteiger charge is -2.12. The third kappa shape index (κ3) is 3.39. The van der Waals surface area contributed by atoms with Crippen LogP contribution in [0.1, 0.15) is 22.8 Å². The highest BCUT2D eigenvalue weighted by Gasteiger charge is 2.26. The van der Waals surface area contributed by atoms with Crippen LogP contribution in [0.15, 0.2) is 48.7 Å². The van der Waals surface area contributed by atoms with Crippen molar-refractivity contribution in [2.45, 2.75) is 13.5 Å². The summed E-state index contributed by atoms with van der Waals surface area (Å²) in [5.41, 5.74) is 3.55. The van der Waals surface area contributed by atoms with Crippen LogP contribution >= 0.6 is 0 Å². The van der Waals surface area contributed by atoms with E-state index in [1.165, 1.54) is 19.1 Å². The molecule has 1 aliphatic rings. The van der Waals surface area contributed by atoms with E-state index in [0.29, 0.717) is 35.1 Å². The van der Waals surface area contributed by atoms with Crippen molar-refractivity contribution < 1.29 is 14.0 Å². The summed E-state index contributed by atoms with van der Waals surface area (Å²) in [7, 11) is 0. The minimum absolute atomic E-state index is 0.243. The topological polar surface area (TPSA) is 96.0 Å². The number of aromatic nitrogens is 2. The number of nitrogens with one attached hydrogen (secondary N) is 3. The van der Waals surface area contributed by atoms with E-state index < -0.39 is 0 Å². The number of carbonyl (C=O) groups excluding carboxylic acids is 2. The summed E-state index contributed by atoms with van der Waals surface area (Å²) in [6, 6.07) is 11.2. The number of hydrogen-bond donors (Lipinski definition) is 3. The van der Waals surface area contributed by atoms with Gasteiger partial charge >= 0.3 is 0 Å². The van der Waals surface area contributed by atoms with Crippen LogP contribution in [-0.4, -0.2) is 21.8 Å². The molecule has 0 radical (unpaired) electrons. The number of carbonyl (C=O) groups is 2. The number of halogens is 1. The Labute approximate surface area is 160 Å². The van der Waals surface area contributed by atoms with E-state index in [1.54, 1.807) is 36.5 Å². The Kier molecular flexibility index (Phi) is 4.44.